The van der Waals surface area contributed by atoms with Gasteiger partial charge in [-0.3, -0.25) is 4.79 Å². The van der Waals surface area contributed by atoms with Crippen LogP contribution in [0.2, 0.25) is 0 Å². The minimum atomic E-state index is -0.398. The SMILES string of the molecule is CCCCSc1ccc(OC(=O)C2c3ccccc3-c3ccccc32)c2ccccc12. The van der Waals surface area contributed by atoms with E-state index in [4.69, 9.17) is 4.74 Å². The Morgan fingerprint density at radius 3 is 2.10 bits per heavy atom. The number of hydrogen-bond acceptors (Lipinski definition) is 3. The number of esters is 1. The first-order valence-electron chi connectivity index (χ1n) is 10.8. The van der Waals surface area contributed by atoms with Gasteiger partial charge in [0.25, 0.3) is 0 Å². The van der Waals surface area contributed by atoms with Crippen LogP contribution in [0.4, 0.5) is 0 Å². The largest absolute Gasteiger partial charge is 0.425 e. The smallest absolute Gasteiger partial charge is 0.323 e. The highest BCUT2D eigenvalue weighted by Crippen LogP contribution is 2.45. The predicted molar refractivity (Wildman–Crippen MR) is 129 cm³/mol. The van der Waals surface area contributed by atoms with Crippen molar-refractivity contribution in [2.75, 3.05) is 5.75 Å². The molecule has 31 heavy (non-hydrogen) atoms. The molecule has 5 rings (SSSR count). The number of benzene rings is 4. The standard InChI is InChI=1S/C28H24O2S/c1-2-3-18-31-26-17-16-25(21-12-6-7-13-22(21)26)30-28(29)27-23-14-8-4-10-19(23)20-11-5-9-15-24(20)27/h4-17,27H,2-3,18H2,1H3. The Morgan fingerprint density at radius 2 is 1.42 bits per heavy atom. The number of ether oxygens (including phenoxy) is 1. The lowest BCUT2D eigenvalue weighted by Gasteiger charge is -2.15. The van der Waals surface area contributed by atoms with Crippen molar-refractivity contribution in [1.29, 1.82) is 0 Å². The number of carbonyl (C=O) groups excluding carboxylic acids is 1. The van der Waals surface area contributed by atoms with Gasteiger partial charge in [-0.2, -0.15) is 0 Å². The molecule has 4 aromatic carbocycles. The average Bonchev–Trinajstić information content (AvgIpc) is 3.15. The summed E-state index contributed by atoms with van der Waals surface area (Å²) in [5.74, 6) is 1.09. The van der Waals surface area contributed by atoms with Crippen molar-refractivity contribution >= 4 is 28.5 Å². The Bertz CT molecular complexity index is 1220. The molecule has 1 aliphatic carbocycles. The normalized spacial score (nSPS) is 12.5. The fourth-order valence-corrected chi connectivity index (χ4v) is 5.51. The summed E-state index contributed by atoms with van der Waals surface area (Å²) in [7, 11) is 0. The zero-order valence-corrected chi connectivity index (χ0v) is 18.3. The van der Waals surface area contributed by atoms with Crippen LogP contribution in [0.25, 0.3) is 21.9 Å². The highest BCUT2D eigenvalue weighted by molar-refractivity contribution is 7.99. The molecule has 0 unspecified atom stereocenters. The van der Waals surface area contributed by atoms with Crippen LogP contribution in [-0.2, 0) is 4.79 Å². The second kappa shape index (κ2) is 8.60. The number of carbonyl (C=O) groups is 1. The lowest BCUT2D eigenvalue weighted by Crippen LogP contribution is -2.18. The monoisotopic (exact) mass is 424 g/mol. The van der Waals surface area contributed by atoms with Gasteiger partial charge in [0, 0.05) is 10.3 Å². The molecule has 0 saturated heterocycles. The van der Waals surface area contributed by atoms with E-state index in [0.717, 1.165) is 38.8 Å². The van der Waals surface area contributed by atoms with Gasteiger partial charge in [-0.15, -0.1) is 11.8 Å². The Kier molecular flexibility index (Phi) is 5.52. The van der Waals surface area contributed by atoms with Crippen molar-refractivity contribution in [3.05, 3.63) is 96.1 Å². The maximum absolute atomic E-state index is 13.5. The van der Waals surface area contributed by atoms with Crippen molar-refractivity contribution in [2.24, 2.45) is 0 Å². The topological polar surface area (TPSA) is 26.3 Å². The Morgan fingerprint density at radius 1 is 0.806 bits per heavy atom. The van der Waals surface area contributed by atoms with Gasteiger partial charge in [-0.05, 0) is 51.9 Å². The second-order valence-corrected chi connectivity index (χ2v) is 8.97. The summed E-state index contributed by atoms with van der Waals surface area (Å²) in [6.45, 7) is 2.21. The summed E-state index contributed by atoms with van der Waals surface area (Å²) in [4.78, 5) is 14.7. The van der Waals surface area contributed by atoms with Gasteiger partial charge >= 0.3 is 5.97 Å². The van der Waals surface area contributed by atoms with Crippen molar-refractivity contribution in [1.82, 2.24) is 0 Å². The van der Waals surface area contributed by atoms with Gasteiger partial charge in [0.1, 0.15) is 11.7 Å². The highest BCUT2D eigenvalue weighted by Gasteiger charge is 2.35. The predicted octanol–water partition coefficient (Wildman–Crippen LogP) is 7.45. The molecule has 0 heterocycles. The first-order valence-corrected chi connectivity index (χ1v) is 11.8. The number of fused-ring (bicyclic) bond motifs is 4. The van der Waals surface area contributed by atoms with E-state index in [1.54, 1.807) is 0 Å². The zero-order valence-electron chi connectivity index (χ0n) is 17.5. The fraction of sp³-hybridized carbons (Fsp3) is 0.179. The van der Waals surface area contributed by atoms with Crippen molar-refractivity contribution in [3.63, 3.8) is 0 Å². The molecule has 2 nitrogen and oxygen atoms in total. The zero-order chi connectivity index (χ0) is 21.2. The van der Waals surface area contributed by atoms with Gasteiger partial charge in [-0.1, -0.05) is 86.1 Å². The van der Waals surface area contributed by atoms with E-state index in [-0.39, 0.29) is 5.97 Å². The second-order valence-electron chi connectivity index (χ2n) is 7.84. The van der Waals surface area contributed by atoms with Crippen molar-refractivity contribution < 1.29 is 9.53 Å². The fourth-order valence-electron chi connectivity index (χ4n) is 4.36. The molecule has 0 saturated carbocycles. The van der Waals surface area contributed by atoms with Gasteiger partial charge < -0.3 is 4.74 Å². The summed E-state index contributed by atoms with van der Waals surface area (Å²) < 4.78 is 6.06. The van der Waals surface area contributed by atoms with Gasteiger partial charge in [0.05, 0.1) is 0 Å². The Hall–Kier alpha value is -3.04. The molecule has 1 aliphatic rings. The first kappa shape index (κ1) is 19.9. The molecule has 0 amide bonds. The van der Waals surface area contributed by atoms with Crippen LogP contribution < -0.4 is 4.74 Å². The van der Waals surface area contributed by atoms with Crippen LogP contribution >= 0.6 is 11.8 Å². The number of thioether (sulfide) groups is 1. The lowest BCUT2D eigenvalue weighted by molar-refractivity contribution is -0.134. The average molecular weight is 425 g/mol. The van der Waals surface area contributed by atoms with E-state index in [2.05, 4.69) is 31.2 Å². The van der Waals surface area contributed by atoms with E-state index < -0.39 is 5.92 Å². The molecule has 0 atom stereocenters. The molecule has 0 radical (unpaired) electrons. The maximum Gasteiger partial charge on any atom is 0.323 e. The number of rotatable bonds is 6. The van der Waals surface area contributed by atoms with Crippen molar-refractivity contribution in [3.8, 4) is 16.9 Å². The van der Waals surface area contributed by atoms with Crippen molar-refractivity contribution in [2.45, 2.75) is 30.6 Å². The Balaban J connectivity index is 1.50. The molecule has 154 valence electrons. The maximum atomic E-state index is 13.5. The molecule has 0 spiro atoms. The van der Waals surface area contributed by atoms with E-state index >= 15 is 0 Å². The van der Waals surface area contributed by atoms with Crippen LogP contribution in [0, 0.1) is 0 Å². The summed E-state index contributed by atoms with van der Waals surface area (Å²) in [6, 6.07) is 28.5. The van der Waals surface area contributed by atoms with E-state index in [1.165, 1.54) is 17.7 Å². The third-order valence-electron chi connectivity index (χ3n) is 5.88. The first-order chi connectivity index (χ1) is 15.3. The molecular weight excluding hydrogens is 400 g/mol. The molecule has 0 N–H and O–H groups in total. The third-order valence-corrected chi connectivity index (χ3v) is 7.04. The lowest BCUT2D eigenvalue weighted by atomic mass is 9.97. The molecule has 3 heteroatoms. The summed E-state index contributed by atoms with van der Waals surface area (Å²) in [6.07, 6.45) is 2.38. The van der Waals surface area contributed by atoms with Crippen LogP contribution in [-0.4, -0.2) is 11.7 Å². The summed E-state index contributed by atoms with van der Waals surface area (Å²) in [5, 5.41) is 2.12. The summed E-state index contributed by atoms with van der Waals surface area (Å²) in [5.41, 5.74) is 4.27. The molecule has 0 aliphatic heterocycles. The van der Waals surface area contributed by atoms with E-state index in [1.807, 2.05) is 72.4 Å². The van der Waals surface area contributed by atoms with Crippen LogP contribution in [0.3, 0.4) is 0 Å². The quantitative estimate of drug-likeness (QED) is 0.139. The molecule has 0 fully saturated rings. The van der Waals surface area contributed by atoms with Crippen LogP contribution in [0.5, 0.6) is 5.75 Å². The number of unbranched alkanes of at least 4 members (excludes halogenated alkanes) is 1. The van der Waals surface area contributed by atoms with Gasteiger partial charge in [0.15, 0.2) is 0 Å². The van der Waals surface area contributed by atoms with E-state index in [9.17, 15) is 4.79 Å². The molecular formula is C28H24O2S. The highest BCUT2D eigenvalue weighted by atomic mass is 32.2. The molecule has 0 bridgehead atoms. The number of hydrogen-bond donors (Lipinski definition) is 0. The van der Waals surface area contributed by atoms with Gasteiger partial charge in [0.2, 0.25) is 0 Å². The minimum absolute atomic E-state index is 0.228. The Labute approximate surface area is 187 Å². The molecule has 0 aromatic heterocycles. The minimum Gasteiger partial charge on any atom is -0.425 e. The van der Waals surface area contributed by atoms with Crippen LogP contribution in [0.15, 0.2) is 89.8 Å². The molecule has 4 aromatic rings. The summed E-state index contributed by atoms with van der Waals surface area (Å²) >= 11 is 1.87. The van der Waals surface area contributed by atoms with E-state index in [0.29, 0.717) is 5.75 Å². The third kappa shape index (κ3) is 3.64. The van der Waals surface area contributed by atoms with Gasteiger partial charge in [-0.25, -0.2) is 0 Å². The van der Waals surface area contributed by atoms with Crippen LogP contribution in [0.1, 0.15) is 36.8 Å².